The van der Waals surface area contributed by atoms with Gasteiger partial charge in [-0.15, -0.1) is 0 Å². The molecule has 0 N–H and O–H groups in total. The number of hydrogen-bond donors (Lipinski definition) is 0. The number of ether oxygens (including phenoxy) is 1. The summed E-state index contributed by atoms with van der Waals surface area (Å²) in [5.74, 6) is 0. The summed E-state index contributed by atoms with van der Waals surface area (Å²) in [5, 5.41) is 34.1. The van der Waals surface area contributed by atoms with E-state index in [0.717, 1.165) is 16.6 Å². The Bertz CT molecular complexity index is 1480. The minimum atomic E-state index is -0.532. The highest BCUT2D eigenvalue weighted by Crippen LogP contribution is 2.32. The predicted octanol–water partition coefficient (Wildman–Crippen LogP) is 5.21. The van der Waals surface area contributed by atoms with Gasteiger partial charge in [0.1, 0.15) is 0 Å². The van der Waals surface area contributed by atoms with Crippen LogP contribution in [0.4, 0.5) is 17.1 Å². The van der Waals surface area contributed by atoms with Crippen LogP contribution in [0.25, 0.3) is 11.0 Å². The molecule has 0 aromatic heterocycles. The first kappa shape index (κ1) is 27.9. The highest BCUT2D eigenvalue weighted by atomic mass is 16.6. The van der Waals surface area contributed by atoms with Crippen molar-refractivity contribution in [1.82, 2.24) is 0 Å². The fraction of sp³-hybridized carbons (Fsp3) is 0.103. The summed E-state index contributed by atoms with van der Waals surface area (Å²) in [5.41, 5.74) is 4.49. The lowest BCUT2D eigenvalue weighted by Gasteiger charge is -2.24. The van der Waals surface area contributed by atoms with Crippen molar-refractivity contribution >= 4 is 45.7 Å². The molecule has 0 aliphatic rings. The molecule has 11 heteroatoms. The first-order valence-corrected chi connectivity index (χ1v) is 12.3. The summed E-state index contributed by atoms with van der Waals surface area (Å²) in [7, 11) is 1.60. The van der Waals surface area contributed by atoms with E-state index in [1.807, 2.05) is 30.3 Å². The van der Waals surface area contributed by atoms with E-state index in [2.05, 4.69) is 0 Å². The number of nitro groups is 3. The van der Waals surface area contributed by atoms with E-state index in [0.29, 0.717) is 29.5 Å². The zero-order valence-electron chi connectivity index (χ0n) is 21.5. The Kier molecular flexibility index (Phi) is 8.77. The Balaban J connectivity index is 2.06. The van der Waals surface area contributed by atoms with Crippen LogP contribution in [0.1, 0.15) is 17.5 Å². The lowest BCUT2D eigenvalue weighted by atomic mass is 9.34. The standard InChI is InChI=1S/C29H24BN3O7/c1-40-20-19-28(21-5-3-2-4-6-21)29(22-7-13-25(14-8-22)31(34)35)30(23-9-15-26(16-10-23)32(36)37)24-11-17-27(18-12-24)33(38)39/h2-18H,19-20H2,1H3/b29-28+. The molecule has 200 valence electrons. The van der Waals surface area contributed by atoms with Gasteiger partial charge in [-0.05, 0) is 35.3 Å². The van der Waals surface area contributed by atoms with E-state index in [9.17, 15) is 30.3 Å². The molecule has 4 aromatic carbocycles. The van der Waals surface area contributed by atoms with Crippen molar-refractivity contribution in [3.8, 4) is 0 Å². The van der Waals surface area contributed by atoms with Gasteiger partial charge in [0.05, 0.1) is 21.4 Å². The maximum Gasteiger partial charge on any atom is 0.269 e. The number of methoxy groups -OCH3 is 1. The molecule has 0 saturated carbocycles. The zero-order chi connectivity index (χ0) is 28.6. The molecule has 0 aliphatic heterocycles. The minimum Gasteiger partial charge on any atom is -0.384 e. The Hall–Kier alpha value is -5.16. The summed E-state index contributed by atoms with van der Waals surface area (Å²) < 4.78 is 5.43. The van der Waals surface area contributed by atoms with Crippen molar-refractivity contribution in [2.24, 2.45) is 0 Å². The van der Waals surface area contributed by atoms with Crippen molar-refractivity contribution in [1.29, 1.82) is 0 Å². The maximum atomic E-state index is 11.4. The molecule has 4 aromatic rings. The van der Waals surface area contributed by atoms with Gasteiger partial charge in [0.25, 0.3) is 17.1 Å². The highest BCUT2D eigenvalue weighted by Gasteiger charge is 2.30. The average Bonchev–Trinajstić information content (AvgIpc) is 2.97. The van der Waals surface area contributed by atoms with Gasteiger partial charge in [-0.1, -0.05) is 71.0 Å². The fourth-order valence-electron chi connectivity index (χ4n) is 4.66. The summed E-state index contributed by atoms with van der Waals surface area (Å²) in [6.45, 7) is -0.149. The number of non-ortho nitro benzene ring substituents is 3. The molecule has 0 atom stereocenters. The molecule has 4 rings (SSSR count). The molecule has 0 amide bonds. The highest BCUT2D eigenvalue weighted by molar-refractivity contribution is 7.00. The van der Waals surface area contributed by atoms with Gasteiger partial charge < -0.3 is 4.74 Å². The molecule has 0 unspecified atom stereocenters. The summed E-state index contributed by atoms with van der Waals surface area (Å²) >= 11 is 0. The van der Waals surface area contributed by atoms with Crippen LogP contribution in [-0.4, -0.2) is 35.2 Å². The van der Waals surface area contributed by atoms with Crippen LogP contribution in [0.5, 0.6) is 0 Å². The van der Waals surface area contributed by atoms with Gasteiger partial charge in [0.15, 0.2) is 0 Å². The fourth-order valence-corrected chi connectivity index (χ4v) is 4.66. The zero-order valence-corrected chi connectivity index (χ0v) is 21.5. The third kappa shape index (κ3) is 6.28. The van der Waals surface area contributed by atoms with E-state index in [1.54, 1.807) is 43.5 Å². The quantitative estimate of drug-likeness (QED) is 0.111. The van der Waals surface area contributed by atoms with Crippen LogP contribution >= 0.6 is 0 Å². The Morgan fingerprint density at radius 3 is 1.45 bits per heavy atom. The molecule has 0 bridgehead atoms. The average molecular weight is 537 g/mol. The van der Waals surface area contributed by atoms with Crippen LogP contribution in [0.15, 0.2) is 103 Å². The van der Waals surface area contributed by atoms with Crippen molar-refractivity contribution in [2.75, 3.05) is 13.7 Å². The van der Waals surface area contributed by atoms with E-state index in [-0.39, 0.29) is 17.1 Å². The van der Waals surface area contributed by atoms with Gasteiger partial charge in [0, 0.05) is 43.5 Å². The molecule has 0 radical (unpaired) electrons. The summed E-state index contributed by atoms with van der Waals surface area (Å²) in [6.07, 6.45) is 0.489. The second kappa shape index (κ2) is 12.6. The Labute approximate surface area is 230 Å². The Morgan fingerprint density at radius 1 is 0.625 bits per heavy atom. The van der Waals surface area contributed by atoms with Crippen LogP contribution in [0.2, 0.25) is 0 Å². The second-order valence-corrected chi connectivity index (χ2v) is 8.94. The minimum absolute atomic E-state index is 0.0662. The first-order chi connectivity index (χ1) is 19.3. The van der Waals surface area contributed by atoms with Gasteiger partial charge in [0.2, 0.25) is 6.71 Å². The summed E-state index contributed by atoms with van der Waals surface area (Å²) in [4.78, 5) is 32.7. The van der Waals surface area contributed by atoms with Crippen LogP contribution in [0.3, 0.4) is 0 Å². The Morgan fingerprint density at radius 2 is 1.05 bits per heavy atom. The number of nitro benzene ring substituents is 3. The number of nitrogens with zero attached hydrogens (tertiary/aromatic N) is 3. The monoisotopic (exact) mass is 537 g/mol. The summed E-state index contributed by atoms with van der Waals surface area (Å²) in [6, 6.07) is 28.1. The SMILES string of the molecule is COCC/C(=C(\B(c1ccc([N+](=O)[O-])cc1)c1ccc([N+](=O)[O-])cc1)c1ccc([N+](=O)[O-])cc1)c1ccccc1. The molecule has 0 spiro atoms. The number of benzene rings is 4. The largest absolute Gasteiger partial charge is 0.384 e. The third-order valence-electron chi connectivity index (χ3n) is 6.56. The van der Waals surface area contributed by atoms with E-state index in [1.165, 1.54) is 36.4 Å². The van der Waals surface area contributed by atoms with Crippen LogP contribution in [-0.2, 0) is 4.74 Å². The van der Waals surface area contributed by atoms with Gasteiger partial charge in [-0.3, -0.25) is 30.3 Å². The van der Waals surface area contributed by atoms with E-state index < -0.39 is 21.5 Å². The topological polar surface area (TPSA) is 139 Å². The molecular weight excluding hydrogens is 513 g/mol. The molecule has 0 heterocycles. The molecule has 40 heavy (non-hydrogen) atoms. The molecular formula is C29H24BN3O7. The van der Waals surface area contributed by atoms with Crippen LogP contribution in [0, 0.1) is 30.3 Å². The number of rotatable bonds is 11. The van der Waals surface area contributed by atoms with Gasteiger partial charge in [-0.2, -0.15) is 0 Å². The second-order valence-electron chi connectivity index (χ2n) is 8.94. The molecule has 0 fully saturated rings. The maximum absolute atomic E-state index is 11.4. The van der Waals surface area contributed by atoms with Gasteiger partial charge in [-0.25, -0.2) is 0 Å². The first-order valence-electron chi connectivity index (χ1n) is 12.3. The van der Waals surface area contributed by atoms with E-state index >= 15 is 0 Å². The lowest BCUT2D eigenvalue weighted by Crippen LogP contribution is -2.44. The number of hydrogen-bond acceptors (Lipinski definition) is 7. The van der Waals surface area contributed by atoms with Gasteiger partial charge >= 0.3 is 0 Å². The predicted molar refractivity (Wildman–Crippen MR) is 154 cm³/mol. The van der Waals surface area contributed by atoms with E-state index in [4.69, 9.17) is 4.74 Å². The lowest BCUT2D eigenvalue weighted by molar-refractivity contribution is -0.385. The van der Waals surface area contributed by atoms with Crippen molar-refractivity contribution in [2.45, 2.75) is 6.42 Å². The normalized spacial score (nSPS) is 11.4. The molecule has 10 nitrogen and oxygen atoms in total. The van der Waals surface area contributed by atoms with Crippen LogP contribution < -0.4 is 10.9 Å². The smallest absolute Gasteiger partial charge is 0.269 e. The van der Waals surface area contributed by atoms with Crippen molar-refractivity contribution < 1.29 is 19.5 Å². The third-order valence-corrected chi connectivity index (χ3v) is 6.56. The van der Waals surface area contributed by atoms with Crippen molar-refractivity contribution in [3.63, 3.8) is 0 Å². The molecule has 0 aliphatic carbocycles. The van der Waals surface area contributed by atoms with Crippen molar-refractivity contribution in [3.05, 3.63) is 145 Å². The molecule has 0 saturated heterocycles.